The Morgan fingerprint density at radius 1 is 1.40 bits per heavy atom. The molecule has 0 aromatic heterocycles. The van der Waals surface area contributed by atoms with E-state index in [1.165, 1.54) is 9.80 Å². The van der Waals surface area contributed by atoms with Gasteiger partial charge in [0.25, 0.3) is 5.91 Å². The summed E-state index contributed by atoms with van der Waals surface area (Å²) < 4.78 is 0. The molecule has 0 atom stereocenters. The zero-order valence-corrected chi connectivity index (χ0v) is 9.94. The fraction of sp³-hybridized carbons (Fsp3) is 0.900. The van der Waals surface area contributed by atoms with Crippen LogP contribution < -0.4 is 20.4 Å². The van der Waals surface area contributed by atoms with Gasteiger partial charge in [-0.05, 0) is 0 Å². The Kier molecular flexibility index (Phi) is 5.60. The zero-order chi connectivity index (χ0) is 11.1. The van der Waals surface area contributed by atoms with E-state index in [4.69, 9.17) is 0 Å². The van der Waals surface area contributed by atoms with E-state index in [0.717, 1.165) is 39.3 Å². The molecule has 1 saturated heterocycles. The minimum atomic E-state index is 0.202. The number of piperazine rings is 1. The molecule has 1 amide bonds. The average Bonchev–Trinajstić information content (AvgIpc) is 2.18. The maximum absolute atomic E-state index is 11.5. The lowest BCUT2D eigenvalue weighted by Crippen LogP contribution is -3.21. The topological polar surface area (TPSA) is 54.6 Å². The number of likely N-dealkylation sites (N-methyl/N-ethyl adjacent to an activating group) is 1. The van der Waals surface area contributed by atoms with Crippen LogP contribution in [0.2, 0.25) is 0 Å². The van der Waals surface area contributed by atoms with Crippen molar-refractivity contribution in [2.24, 2.45) is 0 Å². The van der Waals surface area contributed by atoms with E-state index in [9.17, 15) is 4.79 Å². The molecule has 1 aliphatic rings. The van der Waals surface area contributed by atoms with Gasteiger partial charge in [-0.15, -0.1) is 0 Å². The molecule has 5 N–H and O–H groups in total. The van der Waals surface area contributed by atoms with E-state index in [-0.39, 0.29) is 5.91 Å². The number of nitrogens with one attached hydrogen (secondary N) is 3. The van der Waals surface area contributed by atoms with Crippen LogP contribution in [0.15, 0.2) is 0 Å². The minimum absolute atomic E-state index is 0.202. The summed E-state index contributed by atoms with van der Waals surface area (Å²) in [6.45, 7) is 6.99. The van der Waals surface area contributed by atoms with Gasteiger partial charge < -0.3 is 20.4 Å². The number of hydrogen-bond acceptors (Lipinski definition) is 1. The zero-order valence-electron chi connectivity index (χ0n) is 9.94. The summed E-state index contributed by atoms with van der Waals surface area (Å²) in [5.74, 6) is 0.202. The minimum Gasteiger partial charge on any atom is -0.346 e. The third kappa shape index (κ3) is 5.71. The van der Waals surface area contributed by atoms with Gasteiger partial charge in [-0.25, -0.2) is 0 Å². The number of rotatable bonds is 5. The highest BCUT2D eigenvalue weighted by atomic mass is 16.2. The smallest absolute Gasteiger partial charge is 0.275 e. The summed E-state index contributed by atoms with van der Waals surface area (Å²) in [6, 6.07) is 0. The van der Waals surface area contributed by atoms with Crippen LogP contribution in [0.25, 0.3) is 0 Å². The molecule has 1 fully saturated rings. The Balaban J connectivity index is 2.06. The van der Waals surface area contributed by atoms with Crippen LogP contribution >= 0.6 is 0 Å². The van der Waals surface area contributed by atoms with E-state index in [0.29, 0.717) is 6.54 Å². The summed E-state index contributed by atoms with van der Waals surface area (Å²) in [4.78, 5) is 14.3. The quantitative estimate of drug-likeness (QED) is 0.365. The molecule has 0 spiro atoms. The molecule has 0 aliphatic carbocycles. The van der Waals surface area contributed by atoms with Crippen molar-refractivity contribution in [1.29, 1.82) is 0 Å². The van der Waals surface area contributed by atoms with Crippen molar-refractivity contribution in [2.75, 3.05) is 59.9 Å². The van der Waals surface area contributed by atoms with Gasteiger partial charge in [0.1, 0.15) is 26.2 Å². The van der Waals surface area contributed by atoms with Crippen molar-refractivity contribution in [3.05, 3.63) is 0 Å². The van der Waals surface area contributed by atoms with Gasteiger partial charge in [-0.3, -0.25) is 4.79 Å². The Hall–Kier alpha value is -0.650. The molecule has 0 unspecified atom stereocenters. The largest absolute Gasteiger partial charge is 0.346 e. The Morgan fingerprint density at radius 2 is 2.07 bits per heavy atom. The highest BCUT2D eigenvalue weighted by molar-refractivity contribution is 5.76. The van der Waals surface area contributed by atoms with Crippen LogP contribution in [0.3, 0.4) is 0 Å². The average molecular weight is 217 g/mol. The van der Waals surface area contributed by atoms with Gasteiger partial charge in [-0.2, -0.15) is 0 Å². The van der Waals surface area contributed by atoms with Crippen molar-refractivity contribution in [3.8, 4) is 0 Å². The molecule has 0 aromatic carbocycles. The second kappa shape index (κ2) is 6.76. The van der Waals surface area contributed by atoms with Crippen LogP contribution in [-0.2, 0) is 4.79 Å². The van der Waals surface area contributed by atoms with E-state index in [1.54, 1.807) is 0 Å². The molecule has 0 bridgehead atoms. The van der Waals surface area contributed by atoms with E-state index in [1.807, 2.05) is 0 Å². The summed E-state index contributed by atoms with van der Waals surface area (Å²) in [5.41, 5.74) is 0. The Morgan fingerprint density at radius 3 is 2.67 bits per heavy atom. The van der Waals surface area contributed by atoms with Crippen LogP contribution in [0.1, 0.15) is 0 Å². The molecular weight excluding hydrogens is 192 g/mol. The lowest BCUT2D eigenvalue weighted by atomic mass is 10.3. The molecule has 1 heterocycles. The van der Waals surface area contributed by atoms with Gasteiger partial charge in [0, 0.05) is 0 Å². The second-order valence-corrected chi connectivity index (χ2v) is 4.60. The summed E-state index contributed by atoms with van der Waals surface area (Å²) >= 11 is 0. The Labute approximate surface area is 91.8 Å². The third-order valence-corrected chi connectivity index (χ3v) is 2.76. The molecule has 0 aromatic rings. The third-order valence-electron chi connectivity index (χ3n) is 2.76. The molecule has 1 rings (SSSR count). The highest BCUT2D eigenvalue weighted by Gasteiger charge is 2.18. The summed E-state index contributed by atoms with van der Waals surface area (Å²) in [6.07, 6.45) is 0. The molecule has 5 nitrogen and oxygen atoms in total. The first-order valence-electron chi connectivity index (χ1n) is 5.89. The summed E-state index contributed by atoms with van der Waals surface area (Å²) in [5, 5.41) is 5.29. The van der Waals surface area contributed by atoms with E-state index in [2.05, 4.69) is 24.7 Å². The predicted octanol–water partition coefficient (Wildman–Crippen LogP) is -5.29. The van der Waals surface area contributed by atoms with Crippen molar-refractivity contribution in [2.45, 2.75) is 0 Å². The van der Waals surface area contributed by atoms with Crippen LogP contribution in [-0.4, -0.2) is 65.8 Å². The van der Waals surface area contributed by atoms with Gasteiger partial charge in [0.15, 0.2) is 6.54 Å². The maximum Gasteiger partial charge on any atom is 0.275 e. The molecule has 15 heavy (non-hydrogen) atoms. The van der Waals surface area contributed by atoms with Crippen molar-refractivity contribution >= 4 is 5.91 Å². The van der Waals surface area contributed by atoms with Gasteiger partial charge >= 0.3 is 0 Å². The van der Waals surface area contributed by atoms with E-state index < -0.39 is 0 Å². The molecular formula is C10H25N4O+3. The van der Waals surface area contributed by atoms with Crippen molar-refractivity contribution in [1.82, 2.24) is 5.32 Å². The van der Waals surface area contributed by atoms with Crippen molar-refractivity contribution < 1.29 is 19.9 Å². The molecule has 5 heteroatoms. The monoisotopic (exact) mass is 217 g/mol. The van der Waals surface area contributed by atoms with Crippen molar-refractivity contribution in [3.63, 3.8) is 0 Å². The first kappa shape index (κ1) is 12.4. The van der Waals surface area contributed by atoms with Crippen LogP contribution in [0.5, 0.6) is 0 Å². The number of amides is 1. The molecule has 0 radical (unpaired) electrons. The van der Waals surface area contributed by atoms with Gasteiger partial charge in [0.05, 0.1) is 27.2 Å². The van der Waals surface area contributed by atoms with E-state index >= 15 is 0 Å². The lowest BCUT2D eigenvalue weighted by Gasteiger charge is -2.21. The highest BCUT2D eigenvalue weighted by Crippen LogP contribution is 1.61. The van der Waals surface area contributed by atoms with Gasteiger partial charge in [-0.1, -0.05) is 0 Å². The fourth-order valence-corrected chi connectivity index (χ4v) is 1.80. The first-order valence-corrected chi connectivity index (χ1v) is 5.89. The standard InChI is InChI=1S/C10H22N4O/c1-13(2)6-5-12-10(15)9-14-7-3-11-4-8-14/h11H,3-9H2,1-2H3,(H,12,15)/p+3. The number of carbonyl (C=O) groups excluding carboxylic acids is 1. The molecule has 0 saturated carbocycles. The van der Waals surface area contributed by atoms with Crippen LogP contribution in [0, 0.1) is 0 Å². The fourth-order valence-electron chi connectivity index (χ4n) is 1.80. The number of nitrogens with two attached hydrogens (primary N) is 1. The SMILES string of the molecule is C[NH+](C)CCNC(=O)C[NH+]1CC[NH2+]CC1. The predicted molar refractivity (Wildman–Crippen MR) is 57.9 cm³/mol. The normalized spacial score (nSPS) is 18.1. The van der Waals surface area contributed by atoms with Gasteiger partial charge in [0.2, 0.25) is 0 Å². The maximum atomic E-state index is 11.5. The lowest BCUT2D eigenvalue weighted by molar-refractivity contribution is -0.940. The second-order valence-electron chi connectivity index (χ2n) is 4.60. The number of hydrogen-bond donors (Lipinski definition) is 4. The molecule has 88 valence electrons. The van der Waals surface area contributed by atoms with Crippen LogP contribution in [0.4, 0.5) is 0 Å². The Bertz CT molecular complexity index is 190. The first-order chi connectivity index (χ1) is 7.18. The number of quaternary nitrogens is 3. The molecule has 1 aliphatic heterocycles. The number of carbonyl (C=O) groups is 1. The summed E-state index contributed by atoms with van der Waals surface area (Å²) in [7, 11) is 4.19.